The number of imidazole rings is 4. The highest BCUT2D eigenvalue weighted by atomic mass is 16.5. The fourth-order valence-corrected chi connectivity index (χ4v) is 13.6. The highest BCUT2D eigenvalue weighted by molar-refractivity contribution is 5.99. The molecule has 508 valence electrons. The van der Waals surface area contributed by atoms with E-state index in [-0.39, 0.29) is 5.92 Å². The van der Waals surface area contributed by atoms with E-state index in [1.807, 2.05) is 129 Å². The maximum absolute atomic E-state index is 5.93. The maximum atomic E-state index is 5.93. The predicted octanol–water partition coefficient (Wildman–Crippen LogP) is 20.1. The van der Waals surface area contributed by atoms with Crippen LogP contribution in [0.3, 0.4) is 0 Å². The lowest BCUT2D eigenvalue weighted by Crippen LogP contribution is -1.98. The van der Waals surface area contributed by atoms with Gasteiger partial charge in [0.15, 0.2) is 11.9 Å². The Hall–Kier alpha value is -12.7. The number of nitrogens with one attached hydrogen (secondary N) is 4. The summed E-state index contributed by atoms with van der Waals surface area (Å²) >= 11 is 0. The van der Waals surface area contributed by atoms with Gasteiger partial charge in [0.25, 0.3) is 0 Å². The second-order valence-corrected chi connectivity index (χ2v) is 26.1. The molecular weight excluding hydrogens is 1270 g/mol. The minimum atomic E-state index is 0.187. The Labute approximate surface area is 589 Å². The van der Waals surface area contributed by atoms with Crippen LogP contribution < -0.4 is 11.5 Å². The van der Waals surface area contributed by atoms with Gasteiger partial charge in [-0.15, -0.1) is 0 Å². The molecule has 0 saturated heterocycles. The van der Waals surface area contributed by atoms with Gasteiger partial charge in [0.05, 0.1) is 66.9 Å². The molecule has 1 fully saturated rings. The summed E-state index contributed by atoms with van der Waals surface area (Å²) in [5.41, 5.74) is 41.8. The van der Waals surface area contributed by atoms with Gasteiger partial charge in [-0.05, 0) is 185 Å². The monoisotopic (exact) mass is 1350 g/mol. The molecule has 102 heavy (non-hydrogen) atoms. The first kappa shape index (κ1) is 66.5. The summed E-state index contributed by atoms with van der Waals surface area (Å²) in [6.45, 7) is 28.3. The topological polar surface area (TPSA) is 271 Å². The summed E-state index contributed by atoms with van der Waals surface area (Å²) in [6, 6.07) is 57.9. The highest BCUT2D eigenvalue weighted by Gasteiger charge is 2.28. The van der Waals surface area contributed by atoms with Gasteiger partial charge in [0.1, 0.15) is 34.7 Å². The minimum absolute atomic E-state index is 0.187. The molecule has 1 unspecified atom stereocenters. The van der Waals surface area contributed by atoms with Crippen LogP contribution in [0, 0.1) is 62.3 Å². The van der Waals surface area contributed by atoms with E-state index < -0.39 is 0 Å². The number of nitrogens with two attached hydrogens (primary N) is 2. The van der Waals surface area contributed by atoms with Crippen molar-refractivity contribution in [2.24, 2.45) is 0 Å². The fraction of sp³-hybridized carbons (Fsp3) is 0.167. The summed E-state index contributed by atoms with van der Waals surface area (Å²) in [4.78, 5) is 31.7. The van der Waals surface area contributed by atoms with Crippen molar-refractivity contribution in [1.29, 1.82) is 0 Å². The zero-order valence-electron chi connectivity index (χ0n) is 58.7. The van der Waals surface area contributed by atoms with Crippen LogP contribution in [-0.2, 0) is 0 Å². The van der Waals surface area contributed by atoms with Crippen molar-refractivity contribution in [3.63, 3.8) is 0 Å². The predicted molar refractivity (Wildman–Crippen MR) is 408 cm³/mol. The number of benzene rings is 8. The Kier molecular flexibility index (Phi) is 18.2. The molecule has 17 rings (SSSR count). The van der Waals surface area contributed by atoms with Crippen molar-refractivity contribution in [3.05, 3.63) is 285 Å². The van der Waals surface area contributed by atoms with E-state index in [9.17, 15) is 0 Å². The fourth-order valence-electron chi connectivity index (χ4n) is 13.6. The summed E-state index contributed by atoms with van der Waals surface area (Å²) in [6.07, 6.45) is 6.74. The Balaban J connectivity index is 0.000000115. The molecule has 16 aromatic rings. The largest absolute Gasteiger partial charge is 0.369 e. The van der Waals surface area contributed by atoms with Gasteiger partial charge in [0.2, 0.25) is 0 Å². The summed E-state index contributed by atoms with van der Waals surface area (Å²) in [5, 5.41) is 16.4. The second-order valence-electron chi connectivity index (χ2n) is 26.1. The lowest BCUT2D eigenvalue weighted by atomic mass is 9.89. The van der Waals surface area contributed by atoms with E-state index >= 15 is 0 Å². The maximum Gasteiger partial charge on any atom is 0.198 e. The molecule has 0 amide bonds. The number of nitrogens with zero attached hydrogens (tertiary/aromatic N) is 8. The first-order valence-electron chi connectivity index (χ1n) is 33.9. The van der Waals surface area contributed by atoms with E-state index in [0.717, 1.165) is 191 Å². The van der Waals surface area contributed by atoms with Crippen molar-refractivity contribution < 1.29 is 18.1 Å². The molecule has 8 aromatic heterocycles. The SMILES string of the molecule is C=C(c1ccccc1)c1cc(-c2c(C)noc2C)cc2[nH]c(C)nc12.C=C(c1ccccc1)c1cc(-c2c(C)noc2C)cc2[nH]c(N)nc12.Cc1noc(C)c1-c1cc(/C=C/c2ccccc2)c2nc(C3CC3)[nH]c2c1.Cc1noc(C)c1-c1cc(C(C)c2ccccc2)c2nc(N)[nH]c2c1. The van der Waals surface area contributed by atoms with Gasteiger partial charge in [-0.2, -0.15) is 0 Å². The first-order valence-corrected chi connectivity index (χ1v) is 33.9. The van der Waals surface area contributed by atoms with Gasteiger partial charge >= 0.3 is 0 Å². The molecule has 0 spiro atoms. The Bertz CT molecular complexity index is 5540. The van der Waals surface area contributed by atoms with E-state index in [1.54, 1.807) is 0 Å². The van der Waals surface area contributed by atoms with Crippen LogP contribution in [0.25, 0.3) is 112 Å². The number of aromatic amines is 4. The van der Waals surface area contributed by atoms with Gasteiger partial charge in [-0.3, -0.25) is 0 Å². The number of anilines is 2. The van der Waals surface area contributed by atoms with E-state index in [4.69, 9.17) is 34.5 Å². The second kappa shape index (κ2) is 27.9. The Morgan fingerprint density at radius 3 is 1.27 bits per heavy atom. The molecule has 1 saturated carbocycles. The Morgan fingerprint density at radius 2 is 0.824 bits per heavy atom. The number of nitrogen functional groups attached to an aromatic ring is 2. The molecule has 0 bridgehead atoms. The molecular formula is C84H78N14O4. The lowest BCUT2D eigenvalue weighted by molar-refractivity contribution is 0.393. The standard InChI is InChI=1S/C23H21N3O.C21H19N3O.C20H20N4O.C20H18N4O/c1-14-21(15(2)27-26-14)19-12-18(9-8-16-6-4-3-5-7-16)22-20(13-19)24-23(25-22)17-10-11-17;1-12(16-8-6-5-7-9-16)18-10-17(20-13(2)24-25-14(20)3)11-19-21(18)23-15(4)22-19;2*1-11(14-7-5-4-6-8-14)16-9-15(18-12(2)24-25-13(18)3)10-17-19(16)23-20(21)22-17/h3-9,12-13,17H,10-11H2,1-2H3,(H,24,25);5-11H,1H2,2-4H3,(H,22,23);4-11H,1-3H3,(H3,21,22,23);4-10H,1H2,2-3H3,(H3,21,22,23)/b9-8+;;;. The van der Waals surface area contributed by atoms with Gasteiger partial charge in [-0.25, -0.2) is 19.9 Å². The molecule has 0 aliphatic heterocycles. The van der Waals surface area contributed by atoms with Crippen molar-refractivity contribution in [2.45, 2.75) is 93.9 Å². The molecule has 1 atom stereocenters. The number of aryl methyl sites for hydroxylation is 9. The van der Waals surface area contributed by atoms with Crippen molar-refractivity contribution in [1.82, 2.24) is 60.5 Å². The smallest absolute Gasteiger partial charge is 0.198 e. The zero-order valence-corrected chi connectivity index (χ0v) is 58.7. The van der Waals surface area contributed by atoms with Crippen LogP contribution in [0.1, 0.15) is 134 Å². The number of hydrogen-bond acceptors (Lipinski definition) is 14. The lowest BCUT2D eigenvalue weighted by Gasteiger charge is -2.15. The van der Waals surface area contributed by atoms with Crippen molar-refractivity contribution in [3.8, 4) is 44.5 Å². The molecule has 18 nitrogen and oxygen atoms in total. The van der Waals surface area contributed by atoms with Crippen LogP contribution >= 0.6 is 0 Å². The van der Waals surface area contributed by atoms with E-state index in [0.29, 0.717) is 17.8 Å². The number of H-pyrrole nitrogens is 4. The Morgan fingerprint density at radius 1 is 0.431 bits per heavy atom. The quantitative estimate of drug-likeness (QED) is 0.0586. The minimum Gasteiger partial charge on any atom is -0.369 e. The third-order valence-electron chi connectivity index (χ3n) is 18.7. The number of rotatable bonds is 13. The summed E-state index contributed by atoms with van der Waals surface area (Å²) < 4.78 is 21.4. The van der Waals surface area contributed by atoms with Crippen LogP contribution in [0.4, 0.5) is 11.9 Å². The van der Waals surface area contributed by atoms with Gasteiger partial charge < -0.3 is 49.5 Å². The van der Waals surface area contributed by atoms with E-state index in [2.05, 4.69) is 191 Å². The van der Waals surface area contributed by atoms with Crippen LogP contribution in [-0.4, -0.2) is 60.5 Å². The average Bonchev–Trinajstić information content (AvgIpc) is 1.57. The molecule has 1 aliphatic carbocycles. The zero-order chi connectivity index (χ0) is 71.0. The molecule has 1 aliphatic rings. The summed E-state index contributed by atoms with van der Waals surface area (Å²) in [5.74, 6) is 6.81. The third-order valence-corrected chi connectivity index (χ3v) is 18.7. The number of fused-ring (bicyclic) bond motifs is 4. The number of aromatic nitrogens is 12. The van der Waals surface area contributed by atoms with Crippen molar-refractivity contribution in [2.75, 3.05) is 11.5 Å². The molecule has 8 aromatic carbocycles. The van der Waals surface area contributed by atoms with Gasteiger partial charge in [0, 0.05) is 50.8 Å². The van der Waals surface area contributed by atoms with Crippen LogP contribution in [0.2, 0.25) is 0 Å². The molecule has 8 heterocycles. The summed E-state index contributed by atoms with van der Waals surface area (Å²) in [7, 11) is 0. The molecule has 0 radical (unpaired) electrons. The molecule has 8 N–H and O–H groups in total. The van der Waals surface area contributed by atoms with Gasteiger partial charge in [-0.1, -0.05) is 174 Å². The normalized spacial score (nSPS) is 12.4. The van der Waals surface area contributed by atoms with Crippen molar-refractivity contribution >= 4 is 79.3 Å². The number of hydrogen-bond donors (Lipinski definition) is 6. The highest BCUT2D eigenvalue weighted by Crippen LogP contribution is 2.43. The molecule has 18 heteroatoms. The van der Waals surface area contributed by atoms with Crippen LogP contribution in [0.5, 0.6) is 0 Å². The third kappa shape index (κ3) is 13.5. The average molecular weight is 1350 g/mol. The van der Waals surface area contributed by atoms with E-state index in [1.165, 1.54) is 24.0 Å². The first-order chi connectivity index (χ1) is 49.3. The van der Waals surface area contributed by atoms with Crippen LogP contribution in [0.15, 0.2) is 201 Å².